The number of rotatable bonds is 2. The zero-order chi connectivity index (χ0) is 9.47. The molecule has 2 nitrogen and oxygen atoms in total. The van der Waals surface area contributed by atoms with Gasteiger partial charge in [0.05, 0.1) is 6.61 Å². The molecular weight excluding hydrogens is 186 g/mol. The summed E-state index contributed by atoms with van der Waals surface area (Å²) >= 11 is 6.01. The van der Waals surface area contributed by atoms with E-state index in [1.54, 1.807) is 0 Å². The molecule has 2 unspecified atom stereocenters. The Morgan fingerprint density at radius 3 is 2.77 bits per heavy atom. The fraction of sp³-hybridized carbons (Fsp3) is 0.400. The molecule has 1 fully saturated rings. The number of aliphatic hydroxyl groups is 1. The Labute approximate surface area is 82.3 Å². The van der Waals surface area contributed by atoms with E-state index < -0.39 is 5.54 Å². The molecule has 1 aromatic carbocycles. The molecule has 3 N–H and O–H groups in total. The summed E-state index contributed by atoms with van der Waals surface area (Å²) in [6.45, 7) is 0.0306. The normalized spacial score (nSPS) is 31.8. The minimum absolute atomic E-state index is 0.0306. The molecule has 0 aliphatic heterocycles. The molecule has 1 aliphatic rings. The molecule has 0 saturated heterocycles. The van der Waals surface area contributed by atoms with E-state index in [0.717, 1.165) is 17.0 Å². The van der Waals surface area contributed by atoms with Crippen molar-refractivity contribution in [2.24, 2.45) is 5.73 Å². The molecule has 3 heteroatoms. The van der Waals surface area contributed by atoms with Gasteiger partial charge in [0.25, 0.3) is 0 Å². The lowest BCUT2D eigenvalue weighted by Crippen LogP contribution is -2.28. The van der Waals surface area contributed by atoms with Crippen LogP contribution in [0, 0.1) is 0 Å². The van der Waals surface area contributed by atoms with E-state index in [-0.39, 0.29) is 12.5 Å². The molecule has 13 heavy (non-hydrogen) atoms. The van der Waals surface area contributed by atoms with Gasteiger partial charge in [-0.3, -0.25) is 0 Å². The summed E-state index contributed by atoms with van der Waals surface area (Å²) < 4.78 is 0. The van der Waals surface area contributed by atoms with Crippen LogP contribution in [0.4, 0.5) is 0 Å². The zero-order valence-corrected chi connectivity index (χ0v) is 7.96. The van der Waals surface area contributed by atoms with Crippen LogP contribution in [-0.2, 0) is 0 Å². The lowest BCUT2D eigenvalue weighted by molar-refractivity contribution is 0.253. The fourth-order valence-electron chi connectivity index (χ4n) is 1.67. The van der Waals surface area contributed by atoms with Gasteiger partial charge in [0, 0.05) is 16.5 Å². The fourth-order valence-corrected chi connectivity index (χ4v) is 1.94. The van der Waals surface area contributed by atoms with Gasteiger partial charge in [-0.15, -0.1) is 0 Å². The van der Waals surface area contributed by atoms with Crippen molar-refractivity contribution < 1.29 is 5.11 Å². The number of halogens is 1. The summed E-state index contributed by atoms with van der Waals surface area (Å²) in [5.74, 6) is 0.228. The van der Waals surface area contributed by atoms with Gasteiger partial charge in [-0.2, -0.15) is 0 Å². The maximum absolute atomic E-state index is 9.02. The molecule has 0 bridgehead atoms. The molecule has 1 aromatic rings. The second-order valence-electron chi connectivity index (χ2n) is 3.67. The van der Waals surface area contributed by atoms with Crippen LogP contribution in [0.25, 0.3) is 0 Å². The maximum atomic E-state index is 9.02. The Balaban J connectivity index is 2.25. The molecule has 1 saturated carbocycles. The quantitative estimate of drug-likeness (QED) is 0.755. The number of hydrogen-bond acceptors (Lipinski definition) is 2. The smallest absolute Gasteiger partial charge is 0.0617 e. The SMILES string of the molecule is NC1(CO)CC1c1ccccc1Cl. The van der Waals surface area contributed by atoms with Gasteiger partial charge >= 0.3 is 0 Å². The third-order valence-corrected chi connectivity index (χ3v) is 3.04. The van der Waals surface area contributed by atoms with Crippen LogP contribution >= 0.6 is 11.6 Å². The van der Waals surface area contributed by atoms with Crippen LogP contribution in [0.2, 0.25) is 5.02 Å². The van der Waals surface area contributed by atoms with Crippen LogP contribution in [-0.4, -0.2) is 17.3 Å². The van der Waals surface area contributed by atoms with Crippen molar-refractivity contribution in [3.8, 4) is 0 Å². The molecule has 2 rings (SSSR count). The number of aliphatic hydroxyl groups excluding tert-OH is 1. The second-order valence-corrected chi connectivity index (χ2v) is 4.08. The first-order valence-electron chi connectivity index (χ1n) is 4.31. The Hall–Kier alpha value is -0.570. The Morgan fingerprint density at radius 1 is 1.54 bits per heavy atom. The first kappa shape index (κ1) is 9.00. The molecule has 0 amide bonds. The van der Waals surface area contributed by atoms with Crippen LogP contribution in [0.3, 0.4) is 0 Å². The van der Waals surface area contributed by atoms with Crippen molar-refractivity contribution in [2.75, 3.05) is 6.61 Å². The second kappa shape index (κ2) is 2.98. The summed E-state index contributed by atoms with van der Waals surface area (Å²) in [6.07, 6.45) is 0.827. The average molecular weight is 198 g/mol. The highest BCUT2D eigenvalue weighted by molar-refractivity contribution is 6.31. The topological polar surface area (TPSA) is 46.2 Å². The Kier molecular flexibility index (Phi) is 2.06. The third kappa shape index (κ3) is 1.46. The van der Waals surface area contributed by atoms with Gasteiger partial charge in [-0.25, -0.2) is 0 Å². The standard InChI is InChI=1S/C10H12ClNO/c11-9-4-2-1-3-7(9)8-5-10(8,12)6-13/h1-4,8,13H,5-6,12H2. The van der Waals surface area contributed by atoms with E-state index in [2.05, 4.69) is 0 Å². The van der Waals surface area contributed by atoms with Gasteiger partial charge < -0.3 is 10.8 Å². The molecule has 2 atom stereocenters. The molecule has 70 valence electrons. The predicted octanol–water partition coefficient (Wildman–Crippen LogP) is 1.52. The summed E-state index contributed by atoms with van der Waals surface area (Å²) in [5.41, 5.74) is 6.51. The van der Waals surface area contributed by atoms with Gasteiger partial charge in [0.1, 0.15) is 0 Å². The molecule has 1 aliphatic carbocycles. The molecule has 0 heterocycles. The van der Waals surface area contributed by atoms with Crippen LogP contribution in [0.15, 0.2) is 24.3 Å². The minimum Gasteiger partial charge on any atom is -0.394 e. The average Bonchev–Trinajstić information content (AvgIpc) is 2.80. The Morgan fingerprint density at radius 2 is 2.23 bits per heavy atom. The molecule has 0 aromatic heterocycles. The maximum Gasteiger partial charge on any atom is 0.0617 e. The molecule has 0 radical (unpaired) electrons. The minimum atomic E-state index is -0.426. The first-order valence-corrected chi connectivity index (χ1v) is 4.69. The van der Waals surface area contributed by atoms with Crippen LogP contribution in [0.5, 0.6) is 0 Å². The monoisotopic (exact) mass is 197 g/mol. The molecular formula is C10H12ClNO. The Bertz CT molecular complexity index is 328. The molecule has 0 spiro atoms. The van der Waals surface area contributed by atoms with Gasteiger partial charge in [-0.1, -0.05) is 29.8 Å². The van der Waals surface area contributed by atoms with Gasteiger partial charge in [0.2, 0.25) is 0 Å². The van der Waals surface area contributed by atoms with Crippen LogP contribution < -0.4 is 5.73 Å². The number of hydrogen-bond donors (Lipinski definition) is 2. The van der Waals surface area contributed by atoms with E-state index in [4.69, 9.17) is 22.4 Å². The predicted molar refractivity (Wildman–Crippen MR) is 52.8 cm³/mol. The lowest BCUT2D eigenvalue weighted by Gasteiger charge is -2.08. The first-order chi connectivity index (χ1) is 6.17. The summed E-state index contributed by atoms with van der Waals surface area (Å²) in [6, 6.07) is 7.66. The zero-order valence-electron chi connectivity index (χ0n) is 7.20. The highest BCUT2D eigenvalue weighted by Crippen LogP contribution is 2.50. The summed E-state index contributed by atoms with van der Waals surface area (Å²) in [4.78, 5) is 0. The van der Waals surface area contributed by atoms with Gasteiger partial charge in [-0.05, 0) is 18.1 Å². The number of nitrogens with two attached hydrogens (primary N) is 1. The third-order valence-electron chi connectivity index (χ3n) is 2.69. The van der Waals surface area contributed by atoms with E-state index in [1.807, 2.05) is 24.3 Å². The largest absolute Gasteiger partial charge is 0.394 e. The number of benzene rings is 1. The highest BCUT2D eigenvalue weighted by atomic mass is 35.5. The van der Waals surface area contributed by atoms with E-state index in [9.17, 15) is 0 Å². The van der Waals surface area contributed by atoms with E-state index in [0.29, 0.717) is 0 Å². The van der Waals surface area contributed by atoms with E-state index >= 15 is 0 Å². The summed E-state index contributed by atoms with van der Waals surface area (Å²) in [5, 5.41) is 9.76. The van der Waals surface area contributed by atoms with E-state index in [1.165, 1.54) is 0 Å². The summed E-state index contributed by atoms with van der Waals surface area (Å²) in [7, 11) is 0. The van der Waals surface area contributed by atoms with Crippen molar-refractivity contribution in [3.05, 3.63) is 34.9 Å². The van der Waals surface area contributed by atoms with Crippen molar-refractivity contribution in [1.29, 1.82) is 0 Å². The van der Waals surface area contributed by atoms with Crippen molar-refractivity contribution in [1.82, 2.24) is 0 Å². The van der Waals surface area contributed by atoms with Crippen molar-refractivity contribution >= 4 is 11.6 Å². The van der Waals surface area contributed by atoms with Crippen LogP contribution in [0.1, 0.15) is 17.9 Å². The van der Waals surface area contributed by atoms with Crippen molar-refractivity contribution in [3.63, 3.8) is 0 Å². The lowest BCUT2D eigenvalue weighted by atomic mass is 10.1. The van der Waals surface area contributed by atoms with Gasteiger partial charge in [0.15, 0.2) is 0 Å². The highest BCUT2D eigenvalue weighted by Gasteiger charge is 2.51. The van der Waals surface area contributed by atoms with Crippen molar-refractivity contribution in [2.45, 2.75) is 17.9 Å².